The van der Waals surface area contributed by atoms with Crippen molar-refractivity contribution in [2.45, 2.75) is 19.9 Å². The Hall–Kier alpha value is -1.31. The Morgan fingerprint density at radius 3 is 2.64 bits per heavy atom. The predicted octanol–water partition coefficient (Wildman–Crippen LogP) is 1.84. The fourth-order valence-electron chi connectivity index (χ4n) is 2.04. The van der Waals surface area contributed by atoms with E-state index in [1.165, 1.54) is 11.1 Å². The van der Waals surface area contributed by atoms with Crippen molar-refractivity contribution in [1.29, 1.82) is 0 Å². The lowest BCUT2D eigenvalue weighted by molar-refractivity contribution is -0.133. The molecule has 1 atom stereocenters. The number of carbonyl (C=O) groups excluding carboxylic acids is 1. The molecule has 0 spiro atoms. The van der Waals surface area contributed by atoms with Crippen LogP contribution < -0.4 is 0 Å². The summed E-state index contributed by atoms with van der Waals surface area (Å²) in [6.07, 6.45) is 0.874. The number of nitrogens with zero attached hydrogens (tertiary/aromatic N) is 1. The smallest absolute Gasteiger partial charge is 0.225 e. The highest BCUT2D eigenvalue weighted by Gasteiger charge is 2.23. The van der Waals surface area contributed by atoms with Crippen molar-refractivity contribution in [3.63, 3.8) is 0 Å². The van der Waals surface area contributed by atoms with Gasteiger partial charge in [0.2, 0.25) is 5.91 Å². The van der Waals surface area contributed by atoms with E-state index in [2.05, 4.69) is 12.1 Å². The van der Waals surface area contributed by atoms with Gasteiger partial charge in [0.15, 0.2) is 0 Å². The summed E-state index contributed by atoms with van der Waals surface area (Å²) < 4.78 is 0. The third kappa shape index (κ3) is 1.52. The summed E-state index contributed by atoms with van der Waals surface area (Å²) in [5, 5.41) is 0. The van der Waals surface area contributed by atoms with Gasteiger partial charge in [0, 0.05) is 19.5 Å². The van der Waals surface area contributed by atoms with Gasteiger partial charge in [0.25, 0.3) is 0 Å². The maximum Gasteiger partial charge on any atom is 0.225 e. The molecule has 0 fully saturated rings. The highest BCUT2D eigenvalue weighted by atomic mass is 16.2. The zero-order valence-electron chi connectivity index (χ0n) is 8.66. The summed E-state index contributed by atoms with van der Waals surface area (Å²) in [4.78, 5) is 13.6. The maximum atomic E-state index is 11.7. The molecule has 1 amide bonds. The SMILES string of the molecule is CC1Cc2ccccc2CN(C)C1=O. The standard InChI is InChI=1S/C12H15NO/c1-9-7-10-5-3-4-6-11(10)8-13(2)12(9)14/h3-6,9H,7-8H2,1-2H3. The van der Waals surface area contributed by atoms with Crippen molar-refractivity contribution in [1.82, 2.24) is 4.90 Å². The van der Waals surface area contributed by atoms with E-state index in [1.54, 1.807) is 0 Å². The number of amides is 1. The second-order valence-corrected chi connectivity index (χ2v) is 4.07. The molecule has 1 aliphatic heterocycles. The van der Waals surface area contributed by atoms with E-state index in [1.807, 2.05) is 31.0 Å². The lowest BCUT2D eigenvalue weighted by atomic mass is 9.99. The van der Waals surface area contributed by atoms with Gasteiger partial charge >= 0.3 is 0 Å². The van der Waals surface area contributed by atoms with Crippen LogP contribution in [0.15, 0.2) is 24.3 Å². The summed E-state index contributed by atoms with van der Waals surface area (Å²) in [6, 6.07) is 8.31. The molecule has 1 aromatic carbocycles. The molecule has 1 heterocycles. The zero-order chi connectivity index (χ0) is 10.1. The van der Waals surface area contributed by atoms with E-state index in [-0.39, 0.29) is 11.8 Å². The van der Waals surface area contributed by atoms with Crippen molar-refractivity contribution in [2.75, 3.05) is 7.05 Å². The molecule has 74 valence electrons. The fraction of sp³-hybridized carbons (Fsp3) is 0.417. The number of hydrogen-bond donors (Lipinski definition) is 0. The van der Waals surface area contributed by atoms with E-state index in [4.69, 9.17) is 0 Å². The first kappa shape index (κ1) is 9.25. The first-order valence-corrected chi connectivity index (χ1v) is 5.00. The van der Waals surface area contributed by atoms with Gasteiger partial charge in [-0.1, -0.05) is 31.2 Å². The van der Waals surface area contributed by atoms with Crippen molar-refractivity contribution >= 4 is 5.91 Å². The average Bonchev–Trinajstić information content (AvgIpc) is 2.28. The molecule has 0 aliphatic carbocycles. The maximum absolute atomic E-state index is 11.7. The third-order valence-corrected chi connectivity index (χ3v) is 2.85. The molecule has 0 bridgehead atoms. The molecule has 0 saturated carbocycles. The summed E-state index contributed by atoms with van der Waals surface area (Å²) in [7, 11) is 1.88. The van der Waals surface area contributed by atoms with Gasteiger partial charge in [-0.3, -0.25) is 4.79 Å². The van der Waals surface area contributed by atoms with Gasteiger partial charge in [-0.2, -0.15) is 0 Å². The Bertz CT molecular complexity index is 326. The molecular formula is C12H15NO. The Kier molecular flexibility index (Phi) is 2.28. The van der Waals surface area contributed by atoms with Crippen LogP contribution >= 0.6 is 0 Å². The topological polar surface area (TPSA) is 20.3 Å². The molecule has 14 heavy (non-hydrogen) atoms. The first-order valence-electron chi connectivity index (χ1n) is 5.00. The normalized spacial score (nSPS) is 21.7. The molecule has 1 aliphatic rings. The quantitative estimate of drug-likeness (QED) is 0.609. The van der Waals surface area contributed by atoms with Gasteiger partial charge < -0.3 is 4.90 Å². The highest BCUT2D eigenvalue weighted by Crippen LogP contribution is 2.21. The van der Waals surface area contributed by atoms with Crippen LogP contribution in [0.5, 0.6) is 0 Å². The van der Waals surface area contributed by atoms with Gasteiger partial charge in [-0.05, 0) is 17.5 Å². The van der Waals surface area contributed by atoms with Crippen LogP contribution in [0.25, 0.3) is 0 Å². The Labute approximate surface area is 84.5 Å². The first-order chi connectivity index (χ1) is 6.68. The van der Waals surface area contributed by atoms with Crippen molar-refractivity contribution in [2.24, 2.45) is 5.92 Å². The Morgan fingerprint density at radius 2 is 1.93 bits per heavy atom. The Balaban J connectivity index is 2.39. The lowest BCUT2D eigenvalue weighted by Crippen LogP contribution is -2.29. The van der Waals surface area contributed by atoms with Crippen LogP contribution in [0.1, 0.15) is 18.1 Å². The zero-order valence-corrected chi connectivity index (χ0v) is 8.66. The van der Waals surface area contributed by atoms with E-state index in [9.17, 15) is 4.79 Å². The number of benzene rings is 1. The van der Waals surface area contributed by atoms with E-state index < -0.39 is 0 Å². The largest absolute Gasteiger partial charge is 0.341 e. The van der Waals surface area contributed by atoms with Crippen molar-refractivity contribution < 1.29 is 4.79 Å². The second-order valence-electron chi connectivity index (χ2n) is 4.07. The predicted molar refractivity (Wildman–Crippen MR) is 55.8 cm³/mol. The summed E-state index contributed by atoms with van der Waals surface area (Å²) in [5.41, 5.74) is 2.60. The van der Waals surface area contributed by atoms with Gasteiger partial charge in [-0.15, -0.1) is 0 Å². The number of hydrogen-bond acceptors (Lipinski definition) is 1. The molecule has 1 aromatic rings. The third-order valence-electron chi connectivity index (χ3n) is 2.85. The Morgan fingerprint density at radius 1 is 1.29 bits per heavy atom. The number of fused-ring (bicyclic) bond motifs is 1. The lowest BCUT2D eigenvalue weighted by Gasteiger charge is -2.16. The van der Waals surface area contributed by atoms with Crippen molar-refractivity contribution in [3.05, 3.63) is 35.4 Å². The van der Waals surface area contributed by atoms with Crippen LogP contribution in [0.4, 0.5) is 0 Å². The van der Waals surface area contributed by atoms with Gasteiger partial charge in [0.1, 0.15) is 0 Å². The molecular weight excluding hydrogens is 174 g/mol. The van der Waals surface area contributed by atoms with E-state index in [0.717, 1.165) is 13.0 Å². The van der Waals surface area contributed by atoms with Gasteiger partial charge in [0.05, 0.1) is 0 Å². The molecule has 0 N–H and O–H groups in total. The number of rotatable bonds is 0. The minimum Gasteiger partial charge on any atom is -0.341 e. The molecule has 2 rings (SSSR count). The minimum absolute atomic E-state index is 0.114. The van der Waals surface area contributed by atoms with Crippen LogP contribution in [0.2, 0.25) is 0 Å². The summed E-state index contributed by atoms with van der Waals surface area (Å²) in [5.74, 6) is 0.366. The average molecular weight is 189 g/mol. The van der Waals surface area contributed by atoms with E-state index >= 15 is 0 Å². The highest BCUT2D eigenvalue weighted by molar-refractivity contribution is 5.79. The van der Waals surface area contributed by atoms with Crippen LogP contribution in [-0.2, 0) is 17.8 Å². The van der Waals surface area contributed by atoms with Crippen LogP contribution in [0.3, 0.4) is 0 Å². The fourth-order valence-corrected chi connectivity index (χ4v) is 2.04. The monoisotopic (exact) mass is 189 g/mol. The molecule has 2 heteroatoms. The minimum atomic E-state index is 0.114. The van der Waals surface area contributed by atoms with Crippen LogP contribution in [0, 0.1) is 5.92 Å². The van der Waals surface area contributed by atoms with Crippen molar-refractivity contribution in [3.8, 4) is 0 Å². The molecule has 0 aromatic heterocycles. The number of carbonyl (C=O) groups is 1. The second kappa shape index (κ2) is 3.45. The molecule has 0 saturated heterocycles. The molecule has 2 nitrogen and oxygen atoms in total. The van der Waals surface area contributed by atoms with E-state index in [0.29, 0.717) is 0 Å². The van der Waals surface area contributed by atoms with Gasteiger partial charge in [-0.25, -0.2) is 0 Å². The summed E-state index contributed by atoms with van der Waals surface area (Å²) >= 11 is 0. The molecule has 1 unspecified atom stereocenters. The van der Waals surface area contributed by atoms with Crippen LogP contribution in [-0.4, -0.2) is 17.9 Å². The molecule has 0 radical (unpaired) electrons. The summed E-state index contributed by atoms with van der Waals surface area (Å²) in [6.45, 7) is 2.75.